The Kier molecular flexibility index (Phi) is 5.81. The maximum atomic E-state index is 13.3. The van der Waals surface area contributed by atoms with Crippen molar-refractivity contribution >= 4 is 29.2 Å². The molecule has 3 N–H and O–H groups in total. The number of rotatable bonds is 7. The Morgan fingerprint density at radius 3 is 2.48 bits per heavy atom. The summed E-state index contributed by atoms with van der Waals surface area (Å²) >= 11 is 0. The van der Waals surface area contributed by atoms with E-state index in [0.717, 1.165) is 5.56 Å². The number of fused-ring (bicyclic) bond motifs is 1. The van der Waals surface area contributed by atoms with Crippen LogP contribution in [0.4, 0.5) is 5.69 Å². The largest absolute Gasteiger partial charge is 0.481 e. The molecule has 1 atom stereocenters. The highest BCUT2D eigenvalue weighted by molar-refractivity contribution is 6.13. The van der Waals surface area contributed by atoms with E-state index in [1.165, 1.54) is 11.0 Å². The number of carboxylic acids is 2. The lowest BCUT2D eigenvalue weighted by Crippen LogP contribution is -2.37. The Balaban J connectivity index is 2.12. The van der Waals surface area contributed by atoms with Crippen LogP contribution in [0.2, 0.25) is 0 Å². The van der Waals surface area contributed by atoms with Crippen LogP contribution in [0.5, 0.6) is 0 Å². The van der Waals surface area contributed by atoms with Crippen molar-refractivity contribution < 1.29 is 24.6 Å². The summed E-state index contributed by atoms with van der Waals surface area (Å²) in [5.41, 5.74) is 2.33. The molecule has 0 spiro atoms. The number of aliphatic imine (C=N–C) groups is 1. The predicted octanol–water partition coefficient (Wildman–Crippen LogP) is 2.94. The number of nitrogens with zero attached hydrogens (tertiary/aromatic N) is 2. The van der Waals surface area contributed by atoms with Gasteiger partial charge < -0.3 is 20.1 Å². The van der Waals surface area contributed by atoms with E-state index in [4.69, 9.17) is 5.11 Å². The molecule has 29 heavy (non-hydrogen) atoms. The molecule has 8 heteroatoms. The summed E-state index contributed by atoms with van der Waals surface area (Å²) in [6.45, 7) is 4.03. The van der Waals surface area contributed by atoms with Gasteiger partial charge in [-0.2, -0.15) is 0 Å². The molecule has 0 saturated heterocycles. The van der Waals surface area contributed by atoms with Crippen molar-refractivity contribution in [2.45, 2.75) is 39.3 Å². The highest BCUT2D eigenvalue weighted by atomic mass is 16.4. The van der Waals surface area contributed by atoms with Gasteiger partial charge in [0.1, 0.15) is 11.7 Å². The van der Waals surface area contributed by atoms with Crippen LogP contribution >= 0.6 is 0 Å². The summed E-state index contributed by atoms with van der Waals surface area (Å²) in [5, 5.41) is 18.5. The van der Waals surface area contributed by atoms with E-state index in [-0.39, 0.29) is 36.9 Å². The van der Waals surface area contributed by atoms with E-state index in [0.29, 0.717) is 17.1 Å². The average Bonchev–Trinajstić information content (AvgIpc) is 3.07. The number of aliphatic carboxylic acids is 1. The summed E-state index contributed by atoms with van der Waals surface area (Å²) in [4.78, 5) is 44.9. The molecule has 152 valence electrons. The lowest BCUT2D eigenvalue weighted by Gasteiger charge is -2.24. The number of carbonyl (C=O) groups is 3. The Bertz CT molecular complexity index is 962. The number of benzene rings is 1. The topological polar surface area (TPSA) is 123 Å². The highest BCUT2D eigenvalue weighted by Crippen LogP contribution is 2.31. The minimum absolute atomic E-state index is 0.0294. The molecule has 0 saturated carbocycles. The quantitative estimate of drug-likeness (QED) is 0.663. The van der Waals surface area contributed by atoms with E-state index in [9.17, 15) is 19.5 Å². The molecular formula is C21H23N3O5. The summed E-state index contributed by atoms with van der Waals surface area (Å²) < 4.78 is 0. The van der Waals surface area contributed by atoms with Gasteiger partial charge in [-0.1, -0.05) is 44.2 Å². The molecule has 1 aliphatic rings. The van der Waals surface area contributed by atoms with Crippen LogP contribution in [-0.4, -0.2) is 44.8 Å². The standard InChI is InChI=1S/C21H23N3O5/c1-12(2)18-19-16(10-15(23-19)21(28)29)24(11-13-6-4-3-5-7-13)20(27)14(22-18)8-9-17(25)26/h3-7,10,12,14,23H,8-9,11H2,1-2H3,(H,25,26)(H,28,29)/t14-/m0/s1. The Hall–Kier alpha value is -3.42. The van der Waals surface area contributed by atoms with Gasteiger partial charge in [-0.15, -0.1) is 0 Å². The fraction of sp³-hybridized carbons (Fsp3) is 0.333. The van der Waals surface area contributed by atoms with Crippen molar-refractivity contribution in [1.82, 2.24) is 4.98 Å². The molecule has 1 amide bonds. The zero-order valence-electron chi connectivity index (χ0n) is 16.3. The first kappa shape index (κ1) is 20.3. The van der Waals surface area contributed by atoms with Crippen LogP contribution in [0.15, 0.2) is 41.4 Å². The highest BCUT2D eigenvalue weighted by Gasteiger charge is 2.34. The van der Waals surface area contributed by atoms with E-state index < -0.39 is 18.0 Å². The van der Waals surface area contributed by atoms with Gasteiger partial charge in [0.2, 0.25) is 0 Å². The second-order valence-corrected chi connectivity index (χ2v) is 7.28. The smallest absolute Gasteiger partial charge is 0.352 e. The number of aromatic amines is 1. The molecule has 1 aromatic heterocycles. The Morgan fingerprint density at radius 2 is 1.90 bits per heavy atom. The number of hydrogen-bond acceptors (Lipinski definition) is 4. The lowest BCUT2D eigenvalue weighted by molar-refractivity contribution is -0.137. The van der Waals surface area contributed by atoms with Crippen LogP contribution in [0.3, 0.4) is 0 Å². The van der Waals surface area contributed by atoms with Gasteiger partial charge in [-0.25, -0.2) is 4.79 Å². The van der Waals surface area contributed by atoms with Gasteiger partial charge >= 0.3 is 11.9 Å². The maximum absolute atomic E-state index is 13.3. The fourth-order valence-electron chi connectivity index (χ4n) is 3.37. The first-order chi connectivity index (χ1) is 13.8. The Morgan fingerprint density at radius 1 is 1.21 bits per heavy atom. The van der Waals surface area contributed by atoms with Crippen LogP contribution in [0, 0.1) is 5.92 Å². The van der Waals surface area contributed by atoms with Gasteiger partial charge in [0.25, 0.3) is 5.91 Å². The molecule has 2 aromatic rings. The first-order valence-electron chi connectivity index (χ1n) is 9.39. The van der Waals surface area contributed by atoms with E-state index >= 15 is 0 Å². The zero-order chi connectivity index (χ0) is 21.1. The van der Waals surface area contributed by atoms with Gasteiger partial charge in [0, 0.05) is 6.42 Å². The number of aromatic carboxylic acids is 1. The SMILES string of the molecule is CC(C)C1=N[C@@H](CCC(=O)O)C(=O)N(Cc2ccccc2)c2cc(C(=O)O)[nH]c21. The number of amides is 1. The maximum Gasteiger partial charge on any atom is 0.352 e. The zero-order valence-corrected chi connectivity index (χ0v) is 16.3. The van der Waals surface area contributed by atoms with Crippen LogP contribution < -0.4 is 4.90 Å². The van der Waals surface area contributed by atoms with Gasteiger partial charge in [0.05, 0.1) is 23.6 Å². The number of hydrogen-bond donors (Lipinski definition) is 3. The van der Waals surface area contributed by atoms with Crippen molar-refractivity contribution in [1.29, 1.82) is 0 Å². The summed E-state index contributed by atoms with van der Waals surface area (Å²) in [6, 6.07) is 9.93. The normalized spacial score (nSPS) is 16.4. The van der Waals surface area contributed by atoms with Crippen LogP contribution in [0.25, 0.3) is 0 Å². The van der Waals surface area contributed by atoms with Crippen molar-refractivity contribution in [3.63, 3.8) is 0 Å². The molecular weight excluding hydrogens is 374 g/mol. The number of aromatic nitrogens is 1. The number of carboxylic acid groups (broad SMARTS) is 2. The second-order valence-electron chi connectivity index (χ2n) is 7.28. The molecule has 3 rings (SSSR count). The monoisotopic (exact) mass is 397 g/mol. The van der Waals surface area contributed by atoms with Crippen LogP contribution in [-0.2, 0) is 16.1 Å². The van der Waals surface area contributed by atoms with Crippen molar-refractivity contribution in [3.05, 3.63) is 53.3 Å². The summed E-state index contributed by atoms with van der Waals surface area (Å²) in [5.74, 6) is -2.56. The molecule has 0 fully saturated rings. The summed E-state index contributed by atoms with van der Waals surface area (Å²) in [7, 11) is 0. The predicted molar refractivity (Wildman–Crippen MR) is 107 cm³/mol. The van der Waals surface area contributed by atoms with E-state index in [2.05, 4.69) is 9.98 Å². The lowest BCUT2D eigenvalue weighted by atomic mass is 10.0. The molecule has 2 heterocycles. The minimum atomic E-state index is -1.13. The first-order valence-corrected chi connectivity index (χ1v) is 9.39. The minimum Gasteiger partial charge on any atom is -0.481 e. The molecule has 1 aliphatic heterocycles. The van der Waals surface area contributed by atoms with Crippen LogP contribution in [0.1, 0.15) is 48.4 Å². The molecule has 1 aromatic carbocycles. The van der Waals surface area contributed by atoms with Crippen molar-refractivity contribution in [3.8, 4) is 0 Å². The van der Waals surface area contributed by atoms with E-state index in [1.54, 1.807) is 0 Å². The molecule has 0 unspecified atom stereocenters. The summed E-state index contributed by atoms with van der Waals surface area (Å²) in [6.07, 6.45) is -0.107. The number of nitrogens with one attached hydrogen (secondary N) is 1. The average molecular weight is 397 g/mol. The Labute approximate surface area is 167 Å². The number of carbonyl (C=O) groups excluding carboxylic acids is 1. The third kappa shape index (κ3) is 4.37. The number of anilines is 1. The third-order valence-electron chi connectivity index (χ3n) is 4.78. The molecule has 0 bridgehead atoms. The van der Waals surface area contributed by atoms with Crippen molar-refractivity contribution in [2.24, 2.45) is 10.9 Å². The van der Waals surface area contributed by atoms with E-state index in [1.807, 2.05) is 44.2 Å². The fourth-order valence-corrected chi connectivity index (χ4v) is 3.37. The van der Waals surface area contributed by atoms with Gasteiger partial charge in [-0.05, 0) is 24.0 Å². The van der Waals surface area contributed by atoms with Crippen molar-refractivity contribution in [2.75, 3.05) is 4.90 Å². The number of H-pyrrole nitrogens is 1. The molecule has 0 radical (unpaired) electrons. The van der Waals surface area contributed by atoms with Gasteiger partial charge in [-0.3, -0.25) is 14.6 Å². The second kappa shape index (κ2) is 8.30. The third-order valence-corrected chi connectivity index (χ3v) is 4.78. The molecule has 8 nitrogen and oxygen atoms in total. The van der Waals surface area contributed by atoms with Gasteiger partial charge in [0.15, 0.2) is 0 Å². The molecule has 0 aliphatic carbocycles.